The van der Waals surface area contributed by atoms with Gasteiger partial charge < -0.3 is 14.5 Å². The molecule has 11 heteroatoms. The Morgan fingerprint density at radius 3 is 2.36 bits per heavy atom. The summed E-state index contributed by atoms with van der Waals surface area (Å²) in [7, 11) is -1.74. The minimum Gasteiger partial charge on any atom is -0.435 e. The van der Waals surface area contributed by atoms with Crippen LogP contribution < -0.4 is 9.64 Å². The van der Waals surface area contributed by atoms with Gasteiger partial charge in [0.25, 0.3) is 0 Å². The summed E-state index contributed by atoms with van der Waals surface area (Å²) in [6, 6.07) is 9.69. The molecule has 3 heterocycles. The molecule has 0 saturated carbocycles. The first-order valence-electron chi connectivity index (χ1n) is 11.7. The van der Waals surface area contributed by atoms with Crippen LogP contribution in [0.2, 0.25) is 0 Å². The van der Waals surface area contributed by atoms with Gasteiger partial charge in [0, 0.05) is 51.8 Å². The fourth-order valence-corrected chi connectivity index (χ4v) is 5.71. The summed E-state index contributed by atoms with van der Waals surface area (Å²) in [5, 5.41) is 0. The molecule has 0 bridgehead atoms. The molecule has 0 N–H and O–H groups in total. The van der Waals surface area contributed by atoms with E-state index in [1.54, 1.807) is 24.3 Å². The van der Waals surface area contributed by atoms with Crippen LogP contribution in [0.5, 0.6) is 11.6 Å². The number of ether oxygens (including phenoxy) is 1. The summed E-state index contributed by atoms with van der Waals surface area (Å²) in [5.41, 5.74) is 2.09. The summed E-state index contributed by atoms with van der Waals surface area (Å²) in [5.74, 6) is -1.26. The molecule has 0 unspecified atom stereocenters. The van der Waals surface area contributed by atoms with E-state index in [4.69, 9.17) is 9.72 Å². The van der Waals surface area contributed by atoms with E-state index < -0.39 is 21.7 Å². The van der Waals surface area contributed by atoms with E-state index >= 15 is 0 Å². The maximum atomic E-state index is 14.5. The second-order valence-corrected chi connectivity index (χ2v) is 11.1. The van der Waals surface area contributed by atoms with Crippen LogP contribution in [-0.2, 0) is 23.0 Å². The van der Waals surface area contributed by atoms with Gasteiger partial charge in [-0.1, -0.05) is 17.7 Å². The maximum Gasteiger partial charge on any atom is 0.243 e. The van der Waals surface area contributed by atoms with E-state index in [1.807, 2.05) is 18.9 Å². The summed E-state index contributed by atoms with van der Waals surface area (Å²) < 4.78 is 61.8. The minimum atomic E-state index is -3.78. The number of sulfonamides is 1. The number of benzene rings is 2. The SMILES string of the molecule is Cc1ccc(S(=O)(=O)N2CCc3nc(N4CCN(C)CC4)nc(Oc4ccc(F)cc4F)c3C2)cc1. The van der Waals surface area contributed by atoms with E-state index in [0.29, 0.717) is 36.7 Å². The van der Waals surface area contributed by atoms with Gasteiger partial charge in [0.15, 0.2) is 11.6 Å². The Bertz CT molecular complexity index is 1380. The molecule has 2 aromatic carbocycles. The first kappa shape index (κ1) is 24.5. The third-order valence-corrected chi connectivity index (χ3v) is 8.38. The van der Waals surface area contributed by atoms with E-state index in [0.717, 1.165) is 30.8 Å². The molecule has 0 aliphatic carbocycles. The van der Waals surface area contributed by atoms with Crippen molar-refractivity contribution in [2.24, 2.45) is 0 Å². The molecule has 1 fully saturated rings. The number of nitrogens with zero attached hydrogens (tertiary/aromatic N) is 5. The van der Waals surface area contributed by atoms with Crippen molar-refractivity contribution in [1.29, 1.82) is 0 Å². The number of aryl methyl sites for hydroxylation is 1. The number of aromatic nitrogens is 2. The number of halogens is 2. The van der Waals surface area contributed by atoms with Gasteiger partial charge in [-0.25, -0.2) is 22.2 Å². The van der Waals surface area contributed by atoms with Crippen LogP contribution in [0, 0.1) is 18.6 Å². The molecule has 2 aliphatic heterocycles. The molecule has 3 aromatic rings. The number of likely N-dealkylation sites (N-methyl/N-ethyl adjacent to an activating group) is 1. The van der Waals surface area contributed by atoms with E-state index in [1.165, 1.54) is 10.4 Å². The Hall–Kier alpha value is -3.15. The van der Waals surface area contributed by atoms with Crippen LogP contribution in [0.1, 0.15) is 16.8 Å². The zero-order valence-electron chi connectivity index (χ0n) is 20.1. The largest absolute Gasteiger partial charge is 0.435 e. The average Bonchev–Trinajstić information content (AvgIpc) is 2.86. The van der Waals surface area contributed by atoms with E-state index in [-0.39, 0.29) is 29.6 Å². The van der Waals surface area contributed by atoms with Gasteiger partial charge in [0.05, 0.1) is 16.2 Å². The molecule has 8 nitrogen and oxygen atoms in total. The highest BCUT2D eigenvalue weighted by Crippen LogP contribution is 2.34. The average molecular weight is 516 g/mol. The Morgan fingerprint density at radius 1 is 0.944 bits per heavy atom. The Morgan fingerprint density at radius 2 is 1.67 bits per heavy atom. The number of hydrogen-bond acceptors (Lipinski definition) is 7. The molecular formula is C25H27F2N5O3S. The highest BCUT2D eigenvalue weighted by atomic mass is 32.2. The molecule has 1 aromatic heterocycles. The molecular weight excluding hydrogens is 488 g/mol. The number of rotatable bonds is 5. The zero-order valence-corrected chi connectivity index (χ0v) is 20.9. The van der Waals surface area contributed by atoms with Crippen molar-refractivity contribution in [3.63, 3.8) is 0 Å². The van der Waals surface area contributed by atoms with E-state index in [2.05, 4.69) is 9.88 Å². The monoisotopic (exact) mass is 515 g/mol. The second kappa shape index (κ2) is 9.72. The third-order valence-electron chi connectivity index (χ3n) is 6.52. The normalized spacial score (nSPS) is 17.2. The predicted molar refractivity (Wildman–Crippen MR) is 131 cm³/mol. The first-order chi connectivity index (χ1) is 17.2. The second-order valence-electron chi connectivity index (χ2n) is 9.12. The van der Waals surface area contributed by atoms with E-state index in [9.17, 15) is 17.2 Å². The van der Waals surface area contributed by atoms with Gasteiger partial charge in [-0.05, 0) is 38.2 Å². The number of hydrogen-bond donors (Lipinski definition) is 0. The fraction of sp³-hybridized carbons (Fsp3) is 0.360. The molecule has 0 amide bonds. The fourth-order valence-electron chi connectivity index (χ4n) is 4.31. The molecule has 0 atom stereocenters. The van der Waals surface area contributed by atoms with Crippen molar-refractivity contribution in [2.45, 2.75) is 24.8 Å². The summed E-state index contributed by atoms with van der Waals surface area (Å²) in [6.07, 6.45) is 0.353. The Balaban J connectivity index is 1.52. The van der Waals surface area contributed by atoms with Gasteiger partial charge in [-0.15, -0.1) is 0 Å². The lowest BCUT2D eigenvalue weighted by atomic mass is 10.1. The van der Waals surface area contributed by atoms with Gasteiger partial charge in [-0.3, -0.25) is 0 Å². The van der Waals surface area contributed by atoms with Gasteiger partial charge in [-0.2, -0.15) is 9.29 Å². The molecule has 1 saturated heterocycles. The molecule has 0 spiro atoms. The van der Waals surface area contributed by atoms with Gasteiger partial charge in [0.2, 0.25) is 21.9 Å². The quantitative estimate of drug-likeness (QED) is 0.516. The molecule has 190 valence electrons. The number of piperazine rings is 1. The minimum absolute atomic E-state index is 0.0211. The third kappa shape index (κ3) is 4.91. The summed E-state index contributed by atoms with van der Waals surface area (Å²) >= 11 is 0. The predicted octanol–water partition coefficient (Wildman–Crippen LogP) is 3.35. The highest BCUT2D eigenvalue weighted by Gasteiger charge is 2.33. The van der Waals surface area contributed by atoms with Crippen molar-refractivity contribution in [1.82, 2.24) is 19.2 Å². The molecule has 2 aliphatic rings. The lowest BCUT2D eigenvalue weighted by Crippen LogP contribution is -2.45. The van der Waals surface area contributed by atoms with Gasteiger partial charge >= 0.3 is 0 Å². The lowest BCUT2D eigenvalue weighted by molar-refractivity contribution is 0.309. The summed E-state index contributed by atoms with van der Waals surface area (Å²) in [6.45, 7) is 5.22. The summed E-state index contributed by atoms with van der Waals surface area (Å²) in [4.78, 5) is 13.8. The lowest BCUT2D eigenvalue weighted by Gasteiger charge is -2.34. The van der Waals surface area contributed by atoms with Crippen LogP contribution in [0.15, 0.2) is 47.4 Å². The van der Waals surface area contributed by atoms with Crippen molar-refractivity contribution < 1.29 is 21.9 Å². The molecule has 5 rings (SSSR count). The molecule has 36 heavy (non-hydrogen) atoms. The standard InChI is InChI=1S/C25H27F2N5O3S/c1-17-3-6-19(7-4-17)36(33,34)32-10-9-22-20(16-32)24(35-23-8-5-18(26)15-21(23)27)29-25(28-22)31-13-11-30(2)12-14-31/h3-8,15H,9-14,16H2,1-2H3. The first-order valence-corrected chi connectivity index (χ1v) is 13.2. The maximum absolute atomic E-state index is 14.5. The van der Waals surface area contributed by atoms with Crippen LogP contribution >= 0.6 is 0 Å². The Kier molecular flexibility index (Phi) is 6.62. The van der Waals surface area contributed by atoms with Crippen LogP contribution in [-0.4, -0.2) is 67.4 Å². The molecule has 0 radical (unpaired) electrons. The van der Waals surface area contributed by atoms with Crippen molar-refractivity contribution in [2.75, 3.05) is 44.7 Å². The number of fused-ring (bicyclic) bond motifs is 1. The van der Waals surface area contributed by atoms with Crippen LogP contribution in [0.3, 0.4) is 0 Å². The van der Waals surface area contributed by atoms with Crippen LogP contribution in [0.4, 0.5) is 14.7 Å². The zero-order chi connectivity index (χ0) is 25.4. The number of anilines is 1. The van der Waals surface area contributed by atoms with Crippen molar-refractivity contribution in [3.05, 3.63) is 70.9 Å². The van der Waals surface area contributed by atoms with Crippen molar-refractivity contribution in [3.8, 4) is 11.6 Å². The Labute approximate surface area is 209 Å². The van der Waals surface area contributed by atoms with Crippen LogP contribution in [0.25, 0.3) is 0 Å². The van der Waals surface area contributed by atoms with Crippen molar-refractivity contribution >= 4 is 16.0 Å². The van der Waals surface area contributed by atoms with Gasteiger partial charge in [0.1, 0.15) is 5.82 Å². The smallest absolute Gasteiger partial charge is 0.243 e. The topological polar surface area (TPSA) is 78.9 Å². The highest BCUT2D eigenvalue weighted by molar-refractivity contribution is 7.89.